The van der Waals surface area contributed by atoms with Gasteiger partial charge in [0.25, 0.3) is 5.69 Å². The maximum Gasteiger partial charge on any atom is 0.292 e. The average molecular weight is 290 g/mol. The van der Waals surface area contributed by atoms with Gasteiger partial charge in [-0.15, -0.1) is 0 Å². The van der Waals surface area contributed by atoms with Crippen LogP contribution in [0.25, 0.3) is 0 Å². The van der Waals surface area contributed by atoms with Crippen molar-refractivity contribution in [3.63, 3.8) is 0 Å². The molecule has 1 saturated heterocycles. The summed E-state index contributed by atoms with van der Waals surface area (Å²) in [4.78, 5) is 13.4. The van der Waals surface area contributed by atoms with E-state index in [2.05, 4.69) is 4.90 Å². The first kappa shape index (κ1) is 14.3. The molecular formula is C16H22N2O3. The number of hydrogen-bond donors (Lipinski definition) is 1. The zero-order valence-corrected chi connectivity index (χ0v) is 12.4. The number of nitrogens with zero attached hydrogens (tertiary/aromatic N) is 2. The van der Waals surface area contributed by atoms with Gasteiger partial charge in [0, 0.05) is 18.7 Å². The molecule has 21 heavy (non-hydrogen) atoms. The lowest BCUT2D eigenvalue weighted by atomic mass is 9.91. The maximum atomic E-state index is 11.4. The molecule has 3 unspecified atom stereocenters. The predicted octanol–water partition coefficient (Wildman–Crippen LogP) is 3.42. The smallest absolute Gasteiger partial charge is 0.292 e. The van der Waals surface area contributed by atoms with Gasteiger partial charge < -0.3 is 10.0 Å². The zero-order chi connectivity index (χ0) is 15.0. The van der Waals surface area contributed by atoms with E-state index in [9.17, 15) is 15.2 Å². The van der Waals surface area contributed by atoms with E-state index in [0.29, 0.717) is 17.5 Å². The van der Waals surface area contributed by atoms with Crippen LogP contribution in [0.1, 0.15) is 50.7 Å². The Morgan fingerprint density at radius 1 is 1.33 bits per heavy atom. The van der Waals surface area contributed by atoms with Crippen molar-refractivity contribution in [1.29, 1.82) is 0 Å². The summed E-state index contributed by atoms with van der Waals surface area (Å²) in [6.45, 7) is 2.53. The Morgan fingerprint density at radius 3 is 2.81 bits per heavy atom. The van der Waals surface area contributed by atoms with Gasteiger partial charge in [-0.3, -0.25) is 10.1 Å². The van der Waals surface area contributed by atoms with Crippen LogP contribution in [0, 0.1) is 16.0 Å². The number of nitro groups is 1. The van der Waals surface area contributed by atoms with E-state index in [4.69, 9.17) is 0 Å². The Bertz CT molecular complexity index is 544. The number of aliphatic hydroxyl groups excluding tert-OH is 1. The fraction of sp³-hybridized carbons (Fsp3) is 0.625. The van der Waals surface area contributed by atoms with E-state index in [1.807, 2.05) is 12.1 Å². The highest BCUT2D eigenvalue weighted by Crippen LogP contribution is 2.42. The third-order valence-electron chi connectivity index (χ3n) is 4.98. The van der Waals surface area contributed by atoms with Crippen molar-refractivity contribution < 1.29 is 10.0 Å². The second-order valence-electron chi connectivity index (χ2n) is 6.28. The first-order chi connectivity index (χ1) is 10.1. The van der Waals surface area contributed by atoms with Gasteiger partial charge in [0.1, 0.15) is 5.69 Å². The molecule has 1 aromatic carbocycles. The van der Waals surface area contributed by atoms with E-state index < -0.39 is 6.10 Å². The molecule has 1 aliphatic heterocycles. The lowest BCUT2D eigenvalue weighted by Gasteiger charge is -2.39. The van der Waals surface area contributed by atoms with Gasteiger partial charge in [0.2, 0.25) is 0 Å². The minimum atomic E-state index is -0.682. The Labute approximate surface area is 124 Å². The highest BCUT2D eigenvalue weighted by molar-refractivity contribution is 5.65. The summed E-state index contributed by atoms with van der Waals surface area (Å²) in [5.41, 5.74) is 1.45. The van der Waals surface area contributed by atoms with E-state index in [1.54, 1.807) is 6.92 Å². The van der Waals surface area contributed by atoms with Crippen LogP contribution >= 0.6 is 0 Å². The molecule has 0 spiro atoms. The number of rotatable bonds is 3. The highest BCUT2D eigenvalue weighted by Gasteiger charge is 2.37. The van der Waals surface area contributed by atoms with E-state index in [1.165, 1.54) is 25.3 Å². The van der Waals surface area contributed by atoms with Gasteiger partial charge in [-0.1, -0.05) is 12.5 Å². The van der Waals surface area contributed by atoms with Crippen LogP contribution in [-0.4, -0.2) is 22.6 Å². The first-order valence-electron chi connectivity index (χ1n) is 7.81. The molecular weight excluding hydrogens is 268 g/mol. The van der Waals surface area contributed by atoms with Gasteiger partial charge in [-0.25, -0.2) is 0 Å². The van der Waals surface area contributed by atoms with Crippen molar-refractivity contribution in [2.24, 2.45) is 5.92 Å². The van der Waals surface area contributed by atoms with Crippen LogP contribution in [0.3, 0.4) is 0 Å². The van der Waals surface area contributed by atoms with Crippen LogP contribution in [0.5, 0.6) is 0 Å². The summed E-state index contributed by atoms with van der Waals surface area (Å²) in [6.07, 6.45) is 5.29. The lowest BCUT2D eigenvalue weighted by Crippen LogP contribution is -2.42. The van der Waals surface area contributed by atoms with Gasteiger partial charge in [0.05, 0.1) is 11.0 Å². The third-order valence-corrected chi connectivity index (χ3v) is 4.98. The van der Waals surface area contributed by atoms with Crippen LogP contribution in [-0.2, 0) is 0 Å². The molecule has 0 radical (unpaired) electrons. The van der Waals surface area contributed by atoms with Gasteiger partial charge in [0.15, 0.2) is 0 Å². The van der Waals surface area contributed by atoms with Crippen LogP contribution in [0.15, 0.2) is 18.2 Å². The molecule has 5 nitrogen and oxygen atoms in total. The molecule has 2 fully saturated rings. The molecule has 2 aliphatic rings. The molecule has 0 bridgehead atoms. The van der Waals surface area contributed by atoms with Crippen molar-refractivity contribution >= 4 is 11.4 Å². The number of nitro benzene ring substituents is 1. The summed E-state index contributed by atoms with van der Waals surface area (Å²) in [7, 11) is 0. The number of benzene rings is 1. The number of fused-ring (bicyclic) bond motifs is 1. The molecule has 1 aromatic rings. The summed E-state index contributed by atoms with van der Waals surface area (Å²) in [5, 5.41) is 21.1. The Balaban J connectivity index is 1.98. The average Bonchev–Trinajstić information content (AvgIpc) is 2.94. The molecule has 1 saturated carbocycles. The first-order valence-corrected chi connectivity index (χ1v) is 7.81. The SMILES string of the molecule is CC(O)c1ccc(N2CCCC3CCCC32)c([N+](=O)[O-])c1. The second kappa shape index (κ2) is 5.64. The molecule has 5 heteroatoms. The van der Waals surface area contributed by atoms with Crippen LogP contribution in [0.2, 0.25) is 0 Å². The Morgan fingerprint density at radius 2 is 2.10 bits per heavy atom. The monoisotopic (exact) mass is 290 g/mol. The quantitative estimate of drug-likeness (QED) is 0.684. The van der Waals surface area contributed by atoms with Crippen LogP contribution < -0.4 is 4.90 Å². The summed E-state index contributed by atoms with van der Waals surface area (Å²) < 4.78 is 0. The third kappa shape index (κ3) is 2.62. The lowest BCUT2D eigenvalue weighted by molar-refractivity contribution is -0.384. The number of hydrogen-bond acceptors (Lipinski definition) is 4. The van der Waals surface area contributed by atoms with Crippen molar-refractivity contribution in [1.82, 2.24) is 0 Å². The number of anilines is 1. The van der Waals surface area contributed by atoms with E-state index in [0.717, 1.165) is 25.1 Å². The van der Waals surface area contributed by atoms with Crippen molar-refractivity contribution in [2.75, 3.05) is 11.4 Å². The fourth-order valence-electron chi connectivity index (χ4n) is 3.94. The molecule has 114 valence electrons. The van der Waals surface area contributed by atoms with E-state index >= 15 is 0 Å². The summed E-state index contributed by atoms with van der Waals surface area (Å²) in [5.74, 6) is 0.690. The van der Waals surface area contributed by atoms with Gasteiger partial charge >= 0.3 is 0 Å². The van der Waals surface area contributed by atoms with Crippen molar-refractivity contribution in [2.45, 2.75) is 51.2 Å². The maximum absolute atomic E-state index is 11.4. The molecule has 1 heterocycles. The van der Waals surface area contributed by atoms with E-state index in [-0.39, 0.29) is 10.6 Å². The molecule has 3 atom stereocenters. The number of aliphatic hydroxyl groups is 1. The topological polar surface area (TPSA) is 66.6 Å². The zero-order valence-electron chi connectivity index (χ0n) is 12.4. The fourth-order valence-corrected chi connectivity index (χ4v) is 3.94. The Hall–Kier alpha value is -1.62. The Kier molecular flexibility index (Phi) is 3.85. The predicted molar refractivity (Wildman–Crippen MR) is 81.4 cm³/mol. The largest absolute Gasteiger partial charge is 0.389 e. The standard InChI is InChI=1S/C16H22N2O3/c1-11(19)13-7-8-15(16(10-13)18(20)21)17-9-3-5-12-4-2-6-14(12)17/h7-8,10-12,14,19H,2-6,9H2,1H3. The molecule has 0 amide bonds. The minimum Gasteiger partial charge on any atom is -0.389 e. The summed E-state index contributed by atoms with van der Waals surface area (Å²) >= 11 is 0. The highest BCUT2D eigenvalue weighted by atomic mass is 16.6. The molecule has 0 aromatic heterocycles. The van der Waals surface area contributed by atoms with Gasteiger partial charge in [-0.2, -0.15) is 0 Å². The molecule has 1 aliphatic carbocycles. The van der Waals surface area contributed by atoms with Crippen molar-refractivity contribution in [3.05, 3.63) is 33.9 Å². The number of piperidine rings is 1. The minimum absolute atomic E-state index is 0.126. The van der Waals surface area contributed by atoms with Gasteiger partial charge in [-0.05, 0) is 50.2 Å². The molecule has 3 rings (SSSR count). The second-order valence-corrected chi connectivity index (χ2v) is 6.28. The van der Waals surface area contributed by atoms with Crippen LogP contribution in [0.4, 0.5) is 11.4 Å². The molecule has 1 N–H and O–H groups in total. The summed E-state index contributed by atoms with van der Waals surface area (Å²) in [6, 6.07) is 5.61. The normalized spacial score (nSPS) is 26.5. The van der Waals surface area contributed by atoms with Crippen molar-refractivity contribution in [3.8, 4) is 0 Å².